The molecule has 2 aromatic carbocycles. The van der Waals surface area contributed by atoms with Crippen LogP contribution in [0.2, 0.25) is 0 Å². The number of carbonyl (C=O) groups is 1. The van der Waals surface area contributed by atoms with Crippen molar-refractivity contribution in [2.45, 2.75) is 13.3 Å². The van der Waals surface area contributed by atoms with Crippen LogP contribution < -0.4 is 5.32 Å². The molecule has 0 heterocycles. The standard InChI is InChI=1S/C15H12F2N2O3/c1-2-9-3-5-11(8-14(9)19(21)22)18-15(20)12-6-4-10(16)7-13(12)17/h3-8H,2H2,1H3,(H,18,20). The number of amides is 1. The third kappa shape index (κ3) is 3.25. The molecule has 0 fully saturated rings. The first-order valence-electron chi connectivity index (χ1n) is 6.46. The van der Waals surface area contributed by atoms with Gasteiger partial charge in [-0.25, -0.2) is 8.78 Å². The molecule has 5 nitrogen and oxygen atoms in total. The maximum Gasteiger partial charge on any atom is 0.274 e. The number of nitrogens with one attached hydrogen (secondary N) is 1. The second kappa shape index (κ2) is 6.30. The van der Waals surface area contributed by atoms with Crippen molar-refractivity contribution in [1.82, 2.24) is 0 Å². The smallest absolute Gasteiger partial charge is 0.274 e. The number of benzene rings is 2. The second-order valence-electron chi connectivity index (χ2n) is 4.53. The van der Waals surface area contributed by atoms with E-state index < -0.39 is 22.5 Å². The Morgan fingerprint density at radius 2 is 1.95 bits per heavy atom. The van der Waals surface area contributed by atoms with E-state index in [0.29, 0.717) is 18.1 Å². The first-order chi connectivity index (χ1) is 10.4. The van der Waals surface area contributed by atoms with E-state index in [0.717, 1.165) is 12.1 Å². The predicted octanol–water partition coefficient (Wildman–Crippen LogP) is 3.69. The molecule has 2 aromatic rings. The van der Waals surface area contributed by atoms with Crippen molar-refractivity contribution in [1.29, 1.82) is 0 Å². The molecule has 2 rings (SSSR count). The van der Waals surface area contributed by atoms with Crippen molar-refractivity contribution in [2.75, 3.05) is 5.32 Å². The Morgan fingerprint density at radius 1 is 1.23 bits per heavy atom. The summed E-state index contributed by atoms with van der Waals surface area (Å²) >= 11 is 0. The Bertz CT molecular complexity index is 748. The summed E-state index contributed by atoms with van der Waals surface area (Å²) in [4.78, 5) is 22.4. The fraction of sp³-hybridized carbons (Fsp3) is 0.133. The van der Waals surface area contributed by atoms with Gasteiger partial charge >= 0.3 is 0 Å². The highest BCUT2D eigenvalue weighted by Crippen LogP contribution is 2.24. The Hall–Kier alpha value is -2.83. The molecule has 7 heteroatoms. The molecule has 0 saturated carbocycles. The van der Waals surface area contributed by atoms with Crippen LogP contribution in [-0.4, -0.2) is 10.8 Å². The number of halogens is 2. The van der Waals surface area contributed by atoms with Gasteiger partial charge in [-0.05, 0) is 24.6 Å². The van der Waals surface area contributed by atoms with Crippen molar-refractivity contribution in [3.8, 4) is 0 Å². The first-order valence-corrected chi connectivity index (χ1v) is 6.46. The third-order valence-electron chi connectivity index (χ3n) is 3.10. The van der Waals surface area contributed by atoms with E-state index in [1.807, 2.05) is 0 Å². The average molecular weight is 306 g/mol. The highest BCUT2D eigenvalue weighted by molar-refractivity contribution is 6.04. The van der Waals surface area contributed by atoms with Crippen LogP contribution in [0.5, 0.6) is 0 Å². The summed E-state index contributed by atoms with van der Waals surface area (Å²) in [7, 11) is 0. The van der Waals surface area contributed by atoms with Crippen LogP contribution >= 0.6 is 0 Å². The highest BCUT2D eigenvalue weighted by atomic mass is 19.1. The van der Waals surface area contributed by atoms with E-state index >= 15 is 0 Å². The summed E-state index contributed by atoms with van der Waals surface area (Å²) in [5, 5.41) is 13.3. The van der Waals surface area contributed by atoms with E-state index in [9.17, 15) is 23.7 Å². The number of aryl methyl sites for hydroxylation is 1. The van der Waals surface area contributed by atoms with Gasteiger partial charge in [0, 0.05) is 23.4 Å². The fourth-order valence-electron chi connectivity index (χ4n) is 1.98. The van der Waals surface area contributed by atoms with Crippen molar-refractivity contribution >= 4 is 17.3 Å². The summed E-state index contributed by atoms with van der Waals surface area (Å²) < 4.78 is 26.3. The molecule has 0 unspecified atom stereocenters. The van der Waals surface area contributed by atoms with Crippen LogP contribution in [0.15, 0.2) is 36.4 Å². The van der Waals surface area contributed by atoms with Crippen LogP contribution in [-0.2, 0) is 6.42 Å². The van der Waals surface area contributed by atoms with Gasteiger partial charge in [-0.15, -0.1) is 0 Å². The van der Waals surface area contributed by atoms with Gasteiger partial charge in [0.05, 0.1) is 10.5 Å². The number of hydrogen-bond acceptors (Lipinski definition) is 3. The number of nitro groups is 1. The molecule has 1 N–H and O–H groups in total. The van der Waals surface area contributed by atoms with Crippen LogP contribution in [0.1, 0.15) is 22.8 Å². The minimum absolute atomic E-state index is 0.125. The molecule has 0 aromatic heterocycles. The zero-order valence-electron chi connectivity index (χ0n) is 11.6. The van der Waals surface area contributed by atoms with Crippen molar-refractivity contribution in [2.24, 2.45) is 0 Å². The van der Waals surface area contributed by atoms with Gasteiger partial charge in [0.25, 0.3) is 11.6 Å². The SMILES string of the molecule is CCc1ccc(NC(=O)c2ccc(F)cc2F)cc1[N+](=O)[O-]. The summed E-state index contributed by atoms with van der Waals surface area (Å²) in [5.41, 5.74) is 0.220. The number of rotatable bonds is 4. The lowest BCUT2D eigenvalue weighted by atomic mass is 10.1. The van der Waals surface area contributed by atoms with Gasteiger partial charge in [-0.2, -0.15) is 0 Å². The molecule has 0 saturated heterocycles. The summed E-state index contributed by atoms with van der Waals surface area (Å²) in [6.07, 6.45) is 0.469. The Kier molecular flexibility index (Phi) is 4.45. The minimum Gasteiger partial charge on any atom is -0.322 e. The normalized spacial score (nSPS) is 10.3. The largest absolute Gasteiger partial charge is 0.322 e. The topological polar surface area (TPSA) is 72.2 Å². The van der Waals surface area contributed by atoms with Crippen LogP contribution in [0.4, 0.5) is 20.2 Å². The average Bonchev–Trinajstić information content (AvgIpc) is 2.46. The molecule has 0 spiro atoms. The molecular formula is C15H12F2N2O3. The predicted molar refractivity (Wildman–Crippen MR) is 76.8 cm³/mol. The van der Waals surface area contributed by atoms with E-state index in [1.54, 1.807) is 6.92 Å². The van der Waals surface area contributed by atoms with E-state index in [-0.39, 0.29) is 16.9 Å². The van der Waals surface area contributed by atoms with Crippen LogP contribution in [0, 0.1) is 21.7 Å². The molecule has 0 aliphatic rings. The molecule has 0 radical (unpaired) electrons. The summed E-state index contributed by atoms with van der Waals surface area (Å²) in [6.45, 7) is 1.77. The van der Waals surface area contributed by atoms with Gasteiger partial charge in [-0.1, -0.05) is 13.0 Å². The third-order valence-corrected chi connectivity index (χ3v) is 3.10. The highest BCUT2D eigenvalue weighted by Gasteiger charge is 2.16. The van der Waals surface area contributed by atoms with Gasteiger partial charge in [-0.3, -0.25) is 14.9 Å². The lowest BCUT2D eigenvalue weighted by molar-refractivity contribution is -0.385. The summed E-state index contributed by atoms with van der Waals surface area (Å²) in [5.74, 6) is -2.61. The Balaban J connectivity index is 2.28. The monoisotopic (exact) mass is 306 g/mol. The maximum absolute atomic E-state index is 13.5. The lowest BCUT2D eigenvalue weighted by Crippen LogP contribution is -2.14. The summed E-state index contributed by atoms with van der Waals surface area (Å²) in [6, 6.07) is 6.78. The molecule has 1 amide bonds. The second-order valence-corrected chi connectivity index (χ2v) is 4.53. The quantitative estimate of drug-likeness (QED) is 0.691. The van der Waals surface area contributed by atoms with E-state index in [4.69, 9.17) is 0 Å². The molecule has 22 heavy (non-hydrogen) atoms. The molecule has 0 aliphatic carbocycles. The van der Waals surface area contributed by atoms with Crippen LogP contribution in [0.3, 0.4) is 0 Å². The zero-order chi connectivity index (χ0) is 16.3. The molecule has 0 atom stereocenters. The van der Waals surface area contributed by atoms with Gasteiger partial charge in [0.15, 0.2) is 0 Å². The van der Waals surface area contributed by atoms with E-state index in [2.05, 4.69) is 5.32 Å². The number of hydrogen-bond donors (Lipinski definition) is 1. The molecule has 0 aliphatic heterocycles. The number of nitrogens with zero attached hydrogens (tertiary/aromatic N) is 1. The Morgan fingerprint density at radius 3 is 2.55 bits per heavy atom. The van der Waals surface area contributed by atoms with Gasteiger partial charge in [0.2, 0.25) is 0 Å². The van der Waals surface area contributed by atoms with Crippen molar-refractivity contribution < 1.29 is 18.5 Å². The maximum atomic E-state index is 13.5. The zero-order valence-corrected chi connectivity index (χ0v) is 11.6. The first kappa shape index (κ1) is 15.6. The number of anilines is 1. The Labute approximate surface area is 124 Å². The molecule has 114 valence electrons. The fourth-order valence-corrected chi connectivity index (χ4v) is 1.98. The number of nitro benzene ring substituents is 1. The minimum atomic E-state index is -1.00. The van der Waals surface area contributed by atoms with Crippen molar-refractivity contribution in [3.63, 3.8) is 0 Å². The number of carbonyl (C=O) groups excluding carboxylic acids is 1. The molecule has 0 bridgehead atoms. The van der Waals surface area contributed by atoms with Crippen molar-refractivity contribution in [3.05, 3.63) is 69.3 Å². The van der Waals surface area contributed by atoms with Crippen LogP contribution in [0.25, 0.3) is 0 Å². The lowest BCUT2D eigenvalue weighted by Gasteiger charge is -2.07. The van der Waals surface area contributed by atoms with E-state index in [1.165, 1.54) is 18.2 Å². The van der Waals surface area contributed by atoms with Gasteiger partial charge < -0.3 is 5.32 Å². The van der Waals surface area contributed by atoms with Gasteiger partial charge in [0.1, 0.15) is 11.6 Å². The molecular weight excluding hydrogens is 294 g/mol.